The molecule has 0 saturated heterocycles. The molecule has 0 fully saturated rings. The van der Waals surface area contributed by atoms with Gasteiger partial charge in [-0.15, -0.1) is 11.3 Å². The van der Waals surface area contributed by atoms with Gasteiger partial charge >= 0.3 is 0 Å². The molecule has 0 amide bonds. The van der Waals surface area contributed by atoms with Crippen molar-refractivity contribution >= 4 is 27.0 Å². The highest BCUT2D eigenvalue weighted by atomic mass is 32.2. The summed E-state index contributed by atoms with van der Waals surface area (Å²) in [6.45, 7) is -0.102. The summed E-state index contributed by atoms with van der Waals surface area (Å²) in [5.74, 6) is -1.97. The average molecular weight is 319 g/mol. The molecule has 0 aliphatic heterocycles. The third kappa shape index (κ3) is 3.14. The lowest BCUT2D eigenvalue weighted by Crippen LogP contribution is -2.13. The predicted molar refractivity (Wildman–Crippen MR) is 72.3 cm³/mol. The Morgan fingerprint density at radius 2 is 1.80 bits per heavy atom. The van der Waals surface area contributed by atoms with Gasteiger partial charge in [-0.3, -0.25) is 4.72 Å². The highest BCUT2D eigenvalue weighted by Crippen LogP contribution is 2.26. The van der Waals surface area contributed by atoms with Crippen molar-refractivity contribution < 1.29 is 22.3 Å². The lowest BCUT2D eigenvalue weighted by atomic mass is 10.3. The van der Waals surface area contributed by atoms with Crippen LogP contribution in [-0.2, 0) is 16.4 Å². The van der Waals surface area contributed by atoms with E-state index < -0.39 is 27.3 Å². The quantitative estimate of drug-likeness (QED) is 0.889. The van der Waals surface area contributed by atoms with Gasteiger partial charge in [-0.05, 0) is 24.3 Å². The van der Waals surface area contributed by atoms with E-state index in [1.807, 2.05) is 4.72 Å². The first-order chi connectivity index (χ1) is 9.44. The molecular weight excluding hydrogens is 308 g/mol. The standard InChI is InChI=1S/C12H11F2NO3S2/c13-9-2-1-3-10(14)12(9)15-20(17,18)11-5-4-8(19-11)6-7-16/h1-5,15-16H,6-7H2. The van der Waals surface area contributed by atoms with Crippen LogP contribution in [0.1, 0.15) is 4.88 Å². The fraction of sp³-hybridized carbons (Fsp3) is 0.167. The summed E-state index contributed by atoms with van der Waals surface area (Å²) in [6, 6.07) is 5.95. The molecule has 1 aromatic heterocycles. The van der Waals surface area contributed by atoms with Gasteiger partial charge in [0.15, 0.2) is 0 Å². The van der Waals surface area contributed by atoms with Crippen molar-refractivity contribution in [1.29, 1.82) is 0 Å². The SMILES string of the molecule is O=S(=O)(Nc1c(F)cccc1F)c1ccc(CCO)s1. The third-order valence-corrected chi connectivity index (χ3v) is 5.45. The van der Waals surface area contributed by atoms with Gasteiger partial charge in [-0.25, -0.2) is 17.2 Å². The molecular formula is C12H11F2NO3S2. The van der Waals surface area contributed by atoms with E-state index in [1.165, 1.54) is 6.07 Å². The normalized spacial score (nSPS) is 11.6. The Bertz CT molecular complexity index is 693. The van der Waals surface area contributed by atoms with E-state index in [4.69, 9.17) is 5.11 Å². The Kier molecular flexibility index (Phi) is 4.36. The van der Waals surface area contributed by atoms with Gasteiger partial charge in [0.25, 0.3) is 10.0 Å². The molecule has 0 spiro atoms. The van der Waals surface area contributed by atoms with E-state index in [2.05, 4.69) is 0 Å². The van der Waals surface area contributed by atoms with Crippen molar-refractivity contribution in [3.05, 3.63) is 46.8 Å². The van der Waals surface area contributed by atoms with Crippen molar-refractivity contribution in [2.45, 2.75) is 10.6 Å². The summed E-state index contributed by atoms with van der Waals surface area (Å²) < 4.78 is 52.7. The van der Waals surface area contributed by atoms with E-state index in [0.29, 0.717) is 11.3 Å². The molecule has 0 saturated carbocycles. The number of hydrogen-bond donors (Lipinski definition) is 2. The molecule has 0 aliphatic carbocycles. The number of nitrogens with one attached hydrogen (secondary N) is 1. The number of aliphatic hydroxyl groups is 1. The molecule has 0 bridgehead atoms. The zero-order valence-electron chi connectivity index (χ0n) is 10.1. The summed E-state index contributed by atoms with van der Waals surface area (Å²) in [6.07, 6.45) is 0.328. The molecule has 0 unspecified atom stereocenters. The molecule has 0 atom stereocenters. The van der Waals surface area contributed by atoms with Gasteiger partial charge < -0.3 is 5.11 Å². The second-order valence-electron chi connectivity index (χ2n) is 3.90. The molecule has 20 heavy (non-hydrogen) atoms. The Labute approximate surface area is 118 Å². The summed E-state index contributed by atoms with van der Waals surface area (Å²) in [4.78, 5) is 0.668. The maximum Gasteiger partial charge on any atom is 0.271 e. The van der Waals surface area contributed by atoms with E-state index in [0.717, 1.165) is 29.5 Å². The number of benzene rings is 1. The maximum absolute atomic E-state index is 13.4. The van der Waals surface area contributed by atoms with Crippen molar-refractivity contribution in [3.8, 4) is 0 Å². The molecule has 4 nitrogen and oxygen atoms in total. The fourth-order valence-electron chi connectivity index (χ4n) is 1.53. The minimum absolute atomic E-state index is 0.0661. The van der Waals surface area contributed by atoms with Crippen LogP contribution in [0.2, 0.25) is 0 Å². The van der Waals surface area contributed by atoms with E-state index in [1.54, 1.807) is 6.07 Å². The van der Waals surface area contributed by atoms with Crippen LogP contribution in [0, 0.1) is 11.6 Å². The van der Waals surface area contributed by atoms with Crippen LogP contribution in [-0.4, -0.2) is 20.1 Å². The van der Waals surface area contributed by atoms with Gasteiger partial charge in [0.1, 0.15) is 21.5 Å². The molecule has 2 rings (SSSR count). The highest BCUT2D eigenvalue weighted by molar-refractivity contribution is 7.94. The Morgan fingerprint density at radius 3 is 2.40 bits per heavy atom. The zero-order chi connectivity index (χ0) is 14.8. The van der Waals surface area contributed by atoms with Gasteiger partial charge in [0, 0.05) is 17.9 Å². The summed E-state index contributed by atoms with van der Waals surface area (Å²) in [7, 11) is -4.05. The van der Waals surface area contributed by atoms with Crippen LogP contribution in [0.4, 0.5) is 14.5 Å². The highest BCUT2D eigenvalue weighted by Gasteiger charge is 2.20. The van der Waals surface area contributed by atoms with Crippen molar-refractivity contribution in [2.24, 2.45) is 0 Å². The second-order valence-corrected chi connectivity index (χ2v) is 6.97. The molecule has 1 heterocycles. The smallest absolute Gasteiger partial charge is 0.271 e. The molecule has 108 valence electrons. The van der Waals surface area contributed by atoms with Gasteiger partial charge in [-0.2, -0.15) is 0 Å². The van der Waals surface area contributed by atoms with Crippen LogP contribution in [0.3, 0.4) is 0 Å². The maximum atomic E-state index is 13.4. The number of aliphatic hydroxyl groups excluding tert-OH is 1. The Balaban J connectivity index is 2.31. The number of para-hydroxylation sites is 1. The number of hydrogen-bond acceptors (Lipinski definition) is 4. The second kappa shape index (κ2) is 5.86. The number of sulfonamides is 1. The van der Waals surface area contributed by atoms with Crippen molar-refractivity contribution in [3.63, 3.8) is 0 Å². The van der Waals surface area contributed by atoms with Crippen molar-refractivity contribution in [1.82, 2.24) is 0 Å². The Morgan fingerprint density at radius 1 is 1.15 bits per heavy atom. The first kappa shape index (κ1) is 14.9. The molecule has 0 aliphatic rings. The lowest BCUT2D eigenvalue weighted by molar-refractivity contribution is 0.300. The molecule has 2 aromatic rings. The fourth-order valence-corrected chi connectivity index (χ4v) is 3.95. The molecule has 2 N–H and O–H groups in total. The average Bonchev–Trinajstić information content (AvgIpc) is 2.84. The van der Waals surface area contributed by atoms with E-state index in [-0.39, 0.29) is 10.8 Å². The van der Waals surface area contributed by atoms with Crippen LogP contribution in [0.25, 0.3) is 0 Å². The van der Waals surface area contributed by atoms with Gasteiger partial charge in [-0.1, -0.05) is 6.07 Å². The van der Waals surface area contributed by atoms with Gasteiger partial charge in [0.05, 0.1) is 0 Å². The van der Waals surface area contributed by atoms with Crippen molar-refractivity contribution in [2.75, 3.05) is 11.3 Å². The summed E-state index contributed by atoms with van der Waals surface area (Å²) >= 11 is 0.940. The number of thiophene rings is 1. The monoisotopic (exact) mass is 319 g/mol. The predicted octanol–water partition coefficient (Wildman–Crippen LogP) is 2.36. The van der Waals surface area contributed by atoms with E-state index >= 15 is 0 Å². The first-order valence-electron chi connectivity index (χ1n) is 5.60. The van der Waals surface area contributed by atoms with E-state index in [9.17, 15) is 17.2 Å². The number of anilines is 1. The van der Waals surface area contributed by atoms with Crippen LogP contribution >= 0.6 is 11.3 Å². The summed E-state index contributed by atoms with van der Waals surface area (Å²) in [5, 5.41) is 8.78. The molecule has 8 heteroatoms. The first-order valence-corrected chi connectivity index (χ1v) is 7.90. The van der Waals surface area contributed by atoms with Gasteiger partial charge in [0.2, 0.25) is 0 Å². The largest absolute Gasteiger partial charge is 0.396 e. The zero-order valence-corrected chi connectivity index (χ0v) is 11.8. The Hall–Kier alpha value is -1.51. The van der Waals surface area contributed by atoms with Crippen LogP contribution < -0.4 is 4.72 Å². The topological polar surface area (TPSA) is 66.4 Å². The number of halogens is 2. The number of rotatable bonds is 5. The summed E-state index contributed by atoms with van der Waals surface area (Å²) in [5.41, 5.74) is -0.704. The van der Waals surface area contributed by atoms with Crippen LogP contribution in [0.15, 0.2) is 34.5 Å². The third-order valence-electron chi connectivity index (χ3n) is 2.46. The minimum atomic E-state index is -4.05. The minimum Gasteiger partial charge on any atom is -0.396 e. The molecule has 1 aromatic carbocycles. The lowest BCUT2D eigenvalue weighted by Gasteiger charge is -2.08. The molecule has 0 radical (unpaired) electrons. The van der Waals surface area contributed by atoms with Crippen LogP contribution in [0.5, 0.6) is 0 Å².